The molecule has 2 aromatic heterocycles. The Balaban J connectivity index is 1.20. The zero-order chi connectivity index (χ0) is 35.7. The van der Waals surface area contributed by atoms with Gasteiger partial charge in [0.1, 0.15) is 16.6 Å². The minimum Gasteiger partial charge on any atom is -0.321 e. The van der Waals surface area contributed by atoms with E-state index < -0.39 is 17.1 Å². The van der Waals surface area contributed by atoms with Crippen LogP contribution in [0.4, 0.5) is 11.4 Å². The van der Waals surface area contributed by atoms with Gasteiger partial charge in [-0.25, -0.2) is 4.68 Å². The van der Waals surface area contributed by atoms with Crippen LogP contribution in [-0.2, 0) is 16.6 Å². The third-order valence-corrected chi connectivity index (χ3v) is 9.30. The molecule has 0 aliphatic rings. The molecule has 0 fully saturated rings. The number of hydrogen-bond acceptors (Lipinski definition) is 6. The van der Waals surface area contributed by atoms with Gasteiger partial charge in [-0.2, -0.15) is 0 Å². The highest BCUT2D eigenvalue weighted by Crippen LogP contribution is 2.37. The van der Waals surface area contributed by atoms with Crippen molar-refractivity contribution in [3.8, 4) is 5.69 Å². The fourth-order valence-corrected chi connectivity index (χ4v) is 6.35. The second kappa shape index (κ2) is 15.8. The summed E-state index contributed by atoms with van der Waals surface area (Å²) in [4.78, 5) is 58.7. The SMILES string of the molecule is Cc1c(NC(=O)C(Sc2ccc(NC(=O)/C(=C/c3cccnc3)NC(=O)c3ccccc3)cc2)c2ccccc2)c(=O)n(-c2ccccc2)n1C. The number of amides is 3. The average Bonchev–Trinajstić information content (AvgIpc) is 3.38. The molecule has 10 nitrogen and oxygen atoms in total. The number of hydrogen-bond donors (Lipinski definition) is 3. The predicted octanol–water partition coefficient (Wildman–Crippen LogP) is 6.76. The Morgan fingerprint density at radius 3 is 2.08 bits per heavy atom. The summed E-state index contributed by atoms with van der Waals surface area (Å²) in [7, 11) is 1.78. The second-order valence-electron chi connectivity index (χ2n) is 11.5. The highest BCUT2D eigenvalue weighted by atomic mass is 32.2. The van der Waals surface area contributed by atoms with Crippen molar-refractivity contribution >= 4 is 46.9 Å². The molecule has 1 atom stereocenters. The maximum Gasteiger partial charge on any atom is 0.295 e. The molecule has 51 heavy (non-hydrogen) atoms. The lowest BCUT2D eigenvalue weighted by Gasteiger charge is -2.17. The number of anilines is 2. The summed E-state index contributed by atoms with van der Waals surface area (Å²) in [5.74, 6) is -1.30. The standard InChI is InChI=1S/C40H34N6O4S/c1-27-35(40(50)46(45(27)2)32-18-10-5-11-19-32)44-39(49)36(29-14-6-3-7-15-29)51-33-22-20-31(21-23-33)42-38(48)34(25-28-13-12-24-41-26-28)43-37(47)30-16-8-4-9-17-30/h3-26,36H,1-2H3,(H,42,48)(H,43,47)(H,44,49)/b34-25-. The minimum atomic E-state index is -0.696. The predicted molar refractivity (Wildman–Crippen MR) is 201 cm³/mol. The van der Waals surface area contributed by atoms with Crippen LogP contribution in [0.15, 0.2) is 155 Å². The summed E-state index contributed by atoms with van der Waals surface area (Å²) in [6.45, 7) is 1.79. The summed E-state index contributed by atoms with van der Waals surface area (Å²) in [5.41, 5.74) is 3.51. The molecule has 2 heterocycles. The zero-order valence-corrected chi connectivity index (χ0v) is 28.6. The van der Waals surface area contributed by atoms with Crippen LogP contribution in [0.2, 0.25) is 0 Å². The molecule has 0 radical (unpaired) electrons. The molecular formula is C40H34N6O4S. The summed E-state index contributed by atoms with van der Waals surface area (Å²) >= 11 is 1.31. The lowest BCUT2D eigenvalue weighted by molar-refractivity contribution is -0.116. The number of pyridine rings is 1. The van der Waals surface area contributed by atoms with E-state index in [1.807, 2.05) is 60.7 Å². The van der Waals surface area contributed by atoms with Gasteiger partial charge in [-0.05, 0) is 78.7 Å². The van der Waals surface area contributed by atoms with Crippen LogP contribution >= 0.6 is 11.8 Å². The highest BCUT2D eigenvalue weighted by Gasteiger charge is 2.26. The van der Waals surface area contributed by atoms with Gasteiger partial charge in [0.15, 0.2) is 0 Å². The van der Waals surface area contributed by atoms with Crippen molar-refractivity contribution in [3.05, 3.63) is 178 Å². The summed E-state index contributed by atoms with van der Waals surface area (Å²) in [6.07, 6.45) is 4.76. The number of para-hydroxylation sites is 1. The maximum absolute atomic E-state index is 13.9. The molecule has 6 aromatic rings. The molecular weight excluding hydrogens is 661 g/mol. The van der Waals surface area contributed by atoms with Gasteiger partial charge in [0.05, 0.1) is 11.4 Å². The van der Waals surface area contributed by atoms with Gasteiger partial charge in [0.2, 0.25) is 5.91 Å². The number of benzene rings is 4. The average molecular weight is 695 g/mol. The molecule has 0 saturated heterocycles. The van der Waals surface area contributed by atoms with E-state index >= 15 is 0 Å². The van der Waals surface area contributed by atoms with E-state index in [0.29, 0.717) is 28.2 Å². The Morgan fingerprint density at radius 2 is 1.43 bits per heavy atom. The molecule has 1 unspecified atom stereocenters. The molecule has 0 bridgehead atoms. The molecule has 6 rings (SSSR count). The van der Waals surface area contributed by atoms with Crippen molar-refractivity contribution in [1.82, 2.24) is 19.7 Å². The smallest absolute Gasteiger partial charge is 0.295 e. The van der Waals surface area contributed by atoms with Crippen LogP contribution in [0.25, 0.3) is 11.8 Å². The van der Waals surface area contributed by atoms with Crippen molar-refractivity contribution in [2.45, 2.75) is 17.1 Å². The van der Waals surface area contributed by atoms with Crippen molar-refractivity contribution < 1.29 is 14.4 Å². The summed E-state index contributed by atoms with van der Waals surface area (Å²) < 4.78 is 3.24. The Labute approximate surface area is 298 Å². The van der Waals surface area contributed by atoms with Crippen LogP contribution in [0.1, 0.15) is 32.4 Å². The Bertz CT molecular complexity index is 2240. The summed E-state index contributed by atoms with van der Waals surface area (Å²) in [5, 5.41) is 7.78. The molecule has 0 aliphatic heterocycles. The lowest BCUT2D eigenvalue weighted by Crippen LogP contribution is -2.30. The number of carbonyl (C=O) groups excluding carboxylic acids is 3. The van der Waals surface area contributed by atoms with Gasteiger partial charge in [-0.15, -0.1) is 11.8 Å². The Morgan fingerprint density at radius 1 is 0.784 bits per heavy atom. The van der Waals surface area contributed by atoms with E-state index in [1.165, 1.54) is 16.4 Å². The van der Waals surface area contributed by atoms with Crippen molar-refractivity contribution in [2.75, 3.05) is 10.6 Å². The summed E-state index contributed by atoms with van der Waals surface area (Å²) in [6, 6.07) is 37.7. The van der Waals surface area contributed by atoms with Crippen molar-refractivity contribution in [3.63, 3.8) is 0 Å². The van der Waals surface area contributed by atoms with Crippen LogP contribution in [0.3, 0.4) is 0 Å². The third kappa shape index (κ3) is 8.23. The van der Waals surface area contributed by atoms with E-state index in [1.54, 1.807) is 104 Å². The van der Waals surface area contributed by atoms with E-state index in [0.717, 1.165) is 10.5 Å². The minimum absolute atomic E-state index is 0.0404. The lowest BCUT2D eigenvalue weighted by atomic mass is 10.1. The molecule has 0 spiro atoms. The van der Waals surface area contributed by atoms with E-state index in [2.05, 4.69) is 20.9 Å². The number of thioether (sulfide) groups is 1. The number of aromatic nitrogens is 3. The van der Waals surface area contributed by atoms with Crippen LogP contribution in [0, 0.1) is 6.92 Å². The molecule has 0 aliphatic carbocycles. The van der Waals surface area contributed by atoms with Gasteiger partial charge in [-0.3, -0.25) is 28.8 Å². The molecule has 3 amide bonds. The molecule has 254 valence electrons. The van der Waals surface area contributed by atoms with Gasteiger partial charge in [0, 0.05) is 35.6 Å². The number of carbonyl (C=O) groups is 3. The highest BCUT2D eigenvalue weighted by molar-refractivity contribution is 8.00. The fraction of sp³-hybridized carbons (Fsp3) is 0.0750. The van der Waals surface area contributed by atoms with Crippen LogP contribution < -0.4 is 21.5 Å². The monoisotopic (exact) mass is 694 g/mol. The van der Waals surface area contributed by atoms with Crippen molar-refractivity contribution in [2.24, 2.45) is 7.05 Å². The topological polar surface area (TPSA) is 127 Å². The van der Waals surface area contributed by atoms with Gasteiger partial charge >= 0.3 is 0 Å². The largest absolute Gasteiger partial charge is 0.321 e. The van der Waals surface area contributed by atoms with Crippen LogP contribution in [-0.4, -0.2) is 32.1 Å². The first-order valence-electron chi connectivity index (χ1n) is 16.0. The second-order valence-corrected chi connectivity index (χ2v) is 12.7. The van der Waals surface area contributed by atoms with E-state index in [9.17, 15) is 19.2 Å². The van der Waals surface area contributed by atoms with Crippen molar-refractivity contribution in [1.29, 1.82) is 0 Å². The quantitative estimate of drug-likeness (QED) is 0.102. The number of nitrogens with zero attached hydrogens (tertiary/aromatic N) is 3. The first-order chi connectivity index (χ1) is 24.8. The molecule has 0 saturated carbocycles. The number of rotatable bonds is 11. The van der Waals surface area contributed by atoms with Crippen LogP contribution in [0.5, 0.6) is 0 Å². The molecule has 3 N–H and O–H groups in total. The van der Waals surface area contributed by atoms with Gasteiger partial charge < -0.3 is 16.0 Å². The fourth-order valence-electron chi connectivity index (χ4n) is 5.32. The maximum atomic E-state index is 13.9. The third-order valence-electron chi connectivity index (χ3n) is 8.03. The first-order valence-corrected chi connectivity index (χ1v) is 16.9. The Hall–Kier alpha value is -6.46. The van der Waals surface area contributed by atoms with Gasteiger partial charge in [-0.1, -0.05) is 72.8 Å². The number of nitrogens with one attached hydrogen (secondary N) is 3. The normalized spacial score (nSPS) is 11.8. The molecule has 4 aromatic carbocycles. The molecule has 11 heteroatoms. The Kier molecular flexibility index (Phi) is 10.7. The van der Waals surface area contributed by atoms with E-state index in [-0.39, 0.29) is 22.9 Å². The first kappa shape index (κ1) is 34.4. The van der Waals surface area contributed by atoms with Gasteiger partial charge in [0.25, 0.3) is 17.4 Å². The zero-order valence-electron chi connectivity index (χ0n) is 27.8. The van der Waals surface area contributed by atoms with E-state index in [4.69, 9.17) is 0 Å².